The fourth-order valence-electron chi connectivity index (χ4n) is 2.27. The first kappa shape index (κ1) is 24.6. The van der Waals surface area contributed by atoms with Crippen LogP contribution < -0.4 is 16.0 Å². The number of aliphatic imine (C=N–C) groups is 1. The quantitative estimate of drug-likeness (QED) is 0.239. The van der Waals surface area contributed by atoms with Crippen molar-refractivity contribution in [3.8, 4) is 0 Å². The maximum absolute atomic E-state index is 13.1. The highest BCUT2D eigenvalue weighted by Crippen LogP contribution is 2.32. The van der Waals surface area contributed by atoms with E-state index < -0.39 is 29.3 Å². The lowest BCUT2D eigenvalue weighted by molar-refractivity contribution is -0.138. The molecular weight excluding hydrogens is 510 g/mol. The molecule has 0 spiro atoms. The predicted octanol–water partition coefficient (Wildman–Crippen LogP) is 3.91. The maximum atomic E-state index is 13.1. The van der Waals surface area contributed by atoms with Crippen LogP contribution in [0.3, 0.4) is 0 Å². The van der Waals surface area contributed by atoms with E-state index in [2.05, 4.69) is 20.9 Å². The summed E-state index contributed by atoms with van der Waals surface area (Å²) in [6.45, 7) is -0.513. The number of anilines is 1. The van der Waals surface area contributed by atoms with Crippen LogP contribution in [0.5, 0.6) is 0 Å². The Morgan fingerprint density at radius 3 is 2.21 bits per heavy atom. The van der Waals surface area contributed by atoms with Crippen LogP contribution in [0.2, 0.25) is 0 Å². The number of nitrogens with one attached hydrogen (secondary N) is 3. The minimum absolute atomic E-state index is 0. The minimum atomic E-state index is -4.70. The first-order valence-corrected chi connectivity index (χ1v) is 8.04. The average molecular weight is 528 g/mol. The highest BCUT2D eigenvalue weighted by atomic mass is 127. The smallest absolute Gasteiger partial charge is 0.352 e. The largest absolute Gasteiger partial charge is 0.416 e. The Hall–Kier alpha value is -2.44. The number of carbonyl (C=O) groups is 1. The van der Waals surface area contributed by atoms with E-state index in [4.69, 9.17) is 0 Å². The van der Waals surface area contributed by atoms with Crippen molar-refractivity contribution in [2.75, 3.05) is 18.9 Å². The molecule has 0 aliphatic rings. The molecule has 0 aromatic heterocycles. The van der Waals surface area contributed by atoms with Gasteiger partial charge in [0.15, 0.2) is 5.96 Å². The van der Waals surface area contributed by atoms with Crippen LogP contribution >= 0.6 is 24.0 Å². The molecule has 5 nitrogen and oxygen atoms in total. The summed E-state index contributed by atoms with van der Waals surface area (Å²) in [7, 11) is 1.38. The predicted molar refractivity (Wildman–Crippen MR) is 110 cm³/mol. The van der Waals surface area contributed by atoms with E-state index in [1.165, 1.54) is 31.3 Å². The van der Waals surface area contributed by atoms with Crippen molar-refractivity contribution in [1.29, 1.82) is 0 Å². The number of alkyl halides is 3. The van der Waals surface area contributed by atoms with Crippen LogP contribution in [0, 0.1) is 11.6 Å². The number of halogens is 6. The molecule has 2 aromatic carbocycles. The third-order valence-electron chi connectivity index (χ3n) is 3.59. The Balaban J connectivity index is 0.00000420. The van der Waals surface area contributed by atoms with Crippen molar-refractivity contribution in [3.05, 3.63) is 65.2 Å². The SMILES string of the molecule is CN=C(NCC(=O)Nc1ccc(F)cc1)NCc1ccc(F)cc1C(F)(F)F.I. The molecule has 3 N–H and O–H groups in total. The van der Waals surface area contributed by atoms with Gasteiger partial charge in [-0.2, -0.15) is 13.2 Å². The molecule has 11 heteroatoms. The van der Waals surface area contributed by atoms with Gasteiger partial charge in [0.25, 0.3) is 0 Å². The number of guanidine groups is 1. The summed E-state index contributed by atoms with van der Waals surface area (Å²) < 4.78 is 65.0. The Kier molecular flexibility index (Phi) is 9.27. The van der Waals surface area contributed by atoms with E-state index in [0.29, 0.717) is 11.8 Å². The third-order valence-corrected chi connectivity index (χ3v) is 3.59. The lowest BCUT2D eigenvalue weighted by atomic mass is 10.1. The van der Waals surface area contributed by atoms with Crippen molar-refractivity contribution in [1.82, 2.24) is 10.6 Å². The van der Waals surface area contributed by atoms with Gasteiger partial charge in [-0.15, -0.1) is 24.0 Å². The first-order valence-electron chi connectivity index (χ1n) is 8.04. The summed E-state index contributed by atoms with van der Waals surface area (Å²) in [5, 5.41) is 7.79. The van der Waals surface area contributed by atoms with E-state index in [-0.39, 0.29) is 48.6 Å². The van der Waals surface area contributed by atoms with E-state index in [9.17, 15) is 26.7 Å². The lowest BCUT2D eigenvalue weighted by Gasteiger charge is -2.16. The average Bonchev–Trinajstić information content (AvgIpc) is 2.64. The number of hydrogen-bond donors (Lipinski definition) is 3. The van der Waals surface area contributed by atoms with Gasteiger partial charge >= 0.3 is 6.18 Å². The summed E-state index contributed by atoms with van der Waals surface area (Å²) in [4.78, 5) is 15.7. The van der Waals surface area contributed by atoms with Gasteiger partial charge in [-0.05, 0) is 42.0 Å². The molecule has 0 aliphatic carbocycles. The molecule has 2 aromatic rings. The van der Waals surface area contributed by atoms with Crippen LogP contribution in [0.25, 0.3) is 0 Å². The molecule has 0 saturated heterocycles. The van der Waals surface area contributed by atoms with Crippen molar-refractivity contribution in [2.24, 2.45) is 4.99 Å². The van der Waals surface area contributed by atoms with Crippen LogP contribution in [-0.4, -0.2) is 25.5 Å². The Bertz CT molecular complexity index is 856. The molecule has 0 atom stereocenters. The molecule has 0 saturated carbocycles. The number of hydrogen-bond acceptors (Lipinski definition) is 2. The summed E-state index contributed by atoms with van der Waals surface area (Å²) >= 11 is 0. The molecule has 158 valence electrons. The zero-order valence-corrected chi connectivity index (χ0v) is 17.4. The molecule has 1 amide bonds. The molecule has 0 unspecified atom stereocenters. The first-order chi connectivity index (χ1) is 13.2. The molecule has 0 fully saturated rings. The monoisotopic (exact) mass is 528 g/mol. The van der Waals surface area contributed by atoms with E-state index in [0.717, 1.165) is 12.1 Å². The zero-order valence-electron chi connectivity index (χ0n) is 15.1. The lowest BCUT2D eigenvalue weighted by Crippen LogP contribution is -2.41. The van der Waals surface area contributed by atoms with Gasteiger partial charge < -0.3 is 16.0 Å². The topological polar surface area (TPSA) is 65.5 Å². The van der Waals surface area contributed by atoms with Gasteiger partial charge in [-0.25, -0.2) is 8.78 Å². The molecular formula is C18H18F5IN4O. The van der Waals surface area contributed by atoms with E-state index in [1.807, 2.05) is 0 Å². The van der Waals surface area contributed by atoms with Crippen LogP contribution in [0.15, 0.2) is 47.5 Å². The van der Waals surface area contributed by atoms with E-state index in [1.54, 1.807) is 0 Å². The third kappa shape index (κ3) is 7.83. The summed E-state index contributed by atoms with van der Waals surface area (Å²) in [6, 6.07) is 7.51. The second kappa shape index (κ2) is 10.9. The van der Waals surface area contributed by atoms with Crippen molar-refractivity contribution >= 4 is 41.5 Å². The van der Waals surface area contributed by atoms with Crippen molar-refractivity contribution in [3.63, 3.8) is 0 Å². The second-order valence-electron chi connectivity index (χ2n) is 5.63. The highest BCUT2D eigenvalue weighted by molar-refractivity contribution is 14.0. The van der Waals surface area contributed by atoms with Crippen molar-refractivity contribution < 1.29 is 26.7 Å². The summed E-state index contributed by atoms with van der Waals surface area (Å²) in [5.41, 5.74) is -0.880. The molecule has 2 rings (SSSR count). The molecule has 0 radical (unpaired) electrons. The summed E-state index contributed by atoms with van der Waals surface area (Å²) in [5.74, 6) is -1.82. The van der Waals surface area contributed by atoms with Gasteiger partial charge in [-0.3, -0.25) is 9.79 Å². The highest BCUT2D eigenvalue weighted by Gasteiger charge is 2.33. The number of nitrogens with zero attached hydrogens (tertiary/aromatic N) is 1. The van der Waals surface area contributed by atoms with E-state index >= 15 is 0 Å². The van der Waals surface area contributed by atoms with Crippen molar-refractivity contribution in [2.45, 2.75) is 12.7 Å². The number of carbonyl (C=O) groups excluding carboxylic acids is 1. The minimum Gasteiger partial charge on any atom is -0.352 e. The number of rotatable bonds is 5. The molecule has 0 bridgehead atoms. The number of benzene rings is 2. The molecule has 29 heavy (non-hydrogen) atoms. The van der Waals surface area contributed by atoms with Gasteiger partial charge in [0.05, 0.1) is 12.1 Å². The number of amides is 1. The van der Waals surface area contributed by atoms with Crippen LogP contribution in [0.4, 0.5) is 27.6 Å². The van der Waals surface area contributed by atoms with Gasteiger partial charge in [-0.1, -0.05) is 6.07 Å². The Morgan fingerprint density at radius 2 is 1.62 bits per heavy atom. The fourth-order valence-corrected chi connectivity index (χ4v) is 2.27. The molecule has 0 aliphatic heterocycles. The second-order valence-corrected chi connectivity index (χ2v) is 5.63. The molecule has 0 heterocycles. The van der Waals surface area contributed by atoms with Gasteiger partial charge in [0.1, 0.15) is 11.6 Å². The Labute approximate surface area is 180 Å². The zero-order chi connectivity index (χ0) is 20.7. The standard InChI is InChI=1S/C18H17F5N4O.HI/c1-24-17(26-10-16(28)27-14-6-4-12(19)5-7-14)25-9-11-2-3-13(20)8-15(11)18(21,22)23;/h2-8H,9-10H2,1H3,(H,27,28)(H2,24,25,26);1H. The summed E-state index contributed by atoms with van der Waals surface area (Å²) in [6.07, 6.45) is -4.70. The Morgan fingerprint density at radius 1 is 1.00 bits per heavy atom. The normalized spacial score (nSPS) is 11.4. The fraction of sp³-hybridized carbons (Fsp3) is 0.222. The van der Waals surface area contributed by atoms with Crippen LogP contribution in [0.1, 0.15) is 11.1 Å². The van der Waals surface area contributed by atoms with Crippen LogP contribution in [-0.2, 0) is 17.5 Å². The van der Waals surface area contributed by atoms with Gasteiger partial charge in [0.2, 0.25) is 5.91 Å². The van der Waals surface area contributed by atoms with Gasteiger partial charge in [0, 0.05) is 19.3 Å². The maximum Gasteiger partial charge on any atom is 0.416 e.